The number of aromatic carboxylic acids is 1. The molecule has 0 radical (unpaired) electrons. The van der Waals surface area contributed by atoms with E-state index in [1.807, 2.05) is 0 Å². The first-order valence-electron chi connectivity index (χ1n) is 11.4. The molecule has 0 heterocycles. The smallest absolute Gasteiger partial charge is 0.335 e. The van der Waals surface area contributed by atoms with Crippen LogP contribution in [0.3, 0.4) is 0 Å². The number of amides is 2. The minimum Gasteiger partial charge on any atom is -0.504 e. The number of ether oxygens (including phenoxy) is 3. The SMILES string of the molecule is CC(=O)Oc1cccc(C(=O)Nc2cc(NC(=O)c3cccc(OC(C)=O)c3OC(C)=O)cc(C(=O)O)c2)c1O. The molecule has 0 saturated carbocycles. The number of nitrogens with one attached hydrogen (secondary N) is 2. The Bertz CT molecular complexity index is 1550. The van der Waals surface area contributed by atoms with Gasteiger partial charge in [-0.05, 0) is 42.5 Å². The van der Waals surface area contributed by atoms with Gasteiger partial charge in [0.2, 0.25) is 0 Å². The Labute approximate surface area is 226 Å². The largest absolute Gasteiger partial charge is 0.504 e. The van der Waals surface area contributed by atoms with Crippen molar-refractivity contribution in [3.8, 4) is 23.0 Å². The number of anilines is 2. The molecule has 4 N–H and O–H groups in total. The van der Waals surface area contributed by atoms with Crippen molar-refractivity contribution in [2.75, 3.05) is 10.6 Å². The summed E-state index contributed by atoms with van der Waals surface area (Å²) in [6.45, 7) is 3.31. The van der Waals surface area contributed by atoms with Crippen molar-refractivity contribution in [1.29, 1.82) is 0 Å². The Morgan fingerprint density at radius 3 is 1.65 bits per heavy atom. The Balaban J connectivity index is 1.95. The molecule has 3 aromatic rings. The maximum atomic E-state index is 13.1. The standard InChI is InChI=1S/C27H22N2O11/c1-13(30)38-21-8-4-6-19(23(21)33)25(34)28-17-10-16(27(36)37)11-18(12-17)29-26(35)20-7-5-9-22(39-14(2)31)24(20)40-15(3)32/h4-12,33H,1-3H3,(H,28,34)(H,29,35)(H,36,37). The third-order valence-corrected chi connectivity index (χ3v) is 4.92. The van der Waals surface area contributed by atoms with E-state index in [4.69, 9.17) is 14.2 Å². The number of hydrogen-bond donors (Lipinski definition) is 4. The highest BCUT2D eigenvalue weighted by atomic mass is 16.6. The van der Waals surface area contributed by atoms with Crippen molar-refractivity contribution in [1.82, 2.24) is 0 Å². The van der Waals surface area contributed by atoms with Gasteiger partial charge in [0.05, 0.1) is 16.7 Å². The molecule has 206 valence electrons. The normalized spacial score (nSPS) is 10.2. The van der Waals surface area contributed by atoms with Gasteiger partial charge >= 0.3 is 23.9 Å². The Morgan fingerprint density at radius 2 is 1.12 bits per heavy atom. The van der Waals surface area contributed by atoms with Crippen molar-refractivity contribution in [3.63, 3.8) is 0 Å². The van der Waals surface area contributed by atoms with Gasteiger partial charge in [-0.25, -0.2) is 4.79 Å². The van der Waals surface area contributed by atoms with Gasteiger partial charge in [0.15, 0.2) is 23.0 Å². The predicted molar refractivity (Wildman–Crippen MR) is 138 cm³/mol. The third kappa shape index (κ3) is 7.19. The summed E-state index contributed by atoms with van der Waals surface area (Å²) in [5.74, 6) is -6.80. The highest BCUT2D eigenvalue weighted by Gasteiger charge is 2.22. The van der Waals surface area contributed by atoms with Crippen LogP contribution in [-0.2, 0) is 14.4 Å². The summed E-state index contributed by atoms with van der Waals surface area (Å²) in [5.41, 5.74) is -0.971. The fraction of sp³-hybridized carbons (Fsp3) is 0.111. The van der Waals surface area contributed by atoms with Gasteiger partial charge < -0.3 is 35.1 Å². The Morgan fingerprint density at radius 1 is 0.650 bits per heavy atom. The lowest BCUT2D eigenvalue weighted by atomic mass is 10.1. The van der Waals surface area contributed by atoms with Crippen LogP contribution in [0, 0.1) is 0 Å². The van der Waals surface area contributed by atoms with Crippen molar-refractivity contribution in [2.45, 2.75) is 20.8 Å². The topological polar surface area (TPSA) is 195 Å². The molecule has 13 heteroatoms. The molecule has 0 atom stereocenters. The maximum absolute atomic E-state index is 13.1. The summed E-state index contributed by atoms with van der Waals surface area (Å²) >= 11 is 0. The highest BCUT2D eigenvalue weighted by Crippen LogP contribution is 2.33. The summed E-state index contributed by atoms with van der Waals surface area (Å²) in [4.78, 5) is 72.0. The van der Waals surface area contributed by atoms with Crippen LogP contribution in [0.1, 0.15) is 51.8 Å². The second-order valence-corrected chi connectivity index (χ2v) is 8.08. The van der Waals surface area contributed by atoms with Gasteiger partial charge in [0.25, 0.3) is 11.8 Å². The number of benzene rings is 3. The lowest BCUT2D eigenvalue weighted by Gasteiger charge is -2.15. The van der Waals surface area contributed by atoms with Crippen LogP contribution in [0.25, 0.3) is 0 Å². The fourth-order valence-corrected chi connectivity index (χ4v) is 3.41. The third-order valence-electron chi connectivity index (χ3n) is 4.92. The van der Waals surface area contributed by atoms with E-state index in [9.17, 15) is 39.0 Å². The summed E-state index contributed by atoms with van der Waals surface area (Å²) in [7, 11) is 0. The van der Waals surface area contributed by atoms with Crippen LogP contribution < -0.4 is 24.8 Å². The average molecular weight is 550 g/mol. The highest BCUT2D eigenvalue weighted by molar-refractivity contribution is 6.10. The summed E-state index contributed by atoms with van der Waals surface area (Å²) in [6, 6.07) is 11.3. The second-order valence-electron chi connectivity index (χ2n) is 8.08. The van der Waals surface area contributed by atoms with E-state index >= 15 is 0 Å². The fourth-order valence-electron chi connectivity index (χ4n) is 3.41. The van der Waals surface area contributed by atoms with Crippen molar-refractivity contribution in [3.05, 3.63) is 71.3 Å². The molecule has 0 aliphatic rings. The number of carbonyl (C=O) groups excluding carboxylic acids is 5. The molecule has 0 fully saturated rings. The Hall–Kier alpha value is -5.72. The zero-order valence-corrected chi connectivity index (χ0v) is 21.3. The second kappa shape index (κ2) is 12.2. The van der Waals surface area contributed by atoms with Crippen LogP contribution in [0.15, 0.2) is 54.6 Å². The van der Waals surface area contributed by atoms with Crippen molar-refractivity contribution < 1.29 is 53.2 Å². The lowest BCUT2D eigenvalue weighted by molar-refractivity contribution is -0.134. The first kappa shape index (κ1) is 28.8. The molecule has 0 saturated heterocycles. The number of phenols is 1. The molecular weight excluding hydrogens is 528 g/mol. The average Bonchev–Trinajstić information content (AvgIpc) is 2.85. The Kier molecular flexibility index (Phi) is 8.81. The number of rotatable bonds is 8. The van der Waals surface area contributed by atoms with Gasteiger partial charge in [-0.2, -0.15) is 0 Å². The molecular formula is C27H22N2O11. The van der Waals surface area contributed by atoms with Crippen molar-refractivity contribution >= 4 is 47.1 Å². The number of para-hydroxylation sites is 2. The molecule has 40 heavy (non-hydrogen) atoms. The van der Waals surface area contributed by atoms with Gasteiger partial charge in [-0.15, -0.1) is 0 Å². The van der Waals surface area contributed by atoms with Crippen molar-refractivity contribution in [2.24, 2.45) is 0 Å². The quantitative estimate of drug-likeness (QED) is 0.237. The van der Waals surface area contributed by atoms with E-state index in [2.05, 4.69) is 10.6 Å². The zero-order valence-electron chi connectivity index (χ0n) is 21.3. The number of esters is 3. The van der Waals surface area contributed by atoms with Gasteiger partial charge in [-0.3, -0.25) is 24.0 Å². The molecule has 0 aliphatic heterocycles. The zero-order chi connectivity index (χ0) is 29.6. The van der Waals surface area contributed by atoms with Crippen LogP contribution >= 0.6 is 0 Å². The summed E-state index contributed by atoms with van der Waals surface area (Å²) in [6.07, 6.45) is 0. The van der Waals surface area contributed by atoms with E-state index in [0.717, 1.165) is 32.9 Å². The number of carbonyl (C=O) groups is 6. The molecule has 3 aromatic carbocycles. The van der Waals surface area contributed by atoms with E-state index in [1.54, 1.807) is 0 Å². The number of carboxylic acid groups (broad SMARTS) is 1. The minimum absolute atomic E-state index is 0.0774. The predicted octanol–water partition coefficient (Wildman–Crippen LogP) is 3.37. The van der Waals surface area contributed by atoms with Gasteiger partial charge in [0, 0.05) is 32.1 Å². The molecule has 3 rings (SSSR count). The van der Waals surface area contributed by atoms with E-state index in [-0.39, 0.29) is 45.3 Å². The molecule has 0 bridgehead atoms. The van der Waals surface area contributed by atoms with Crippen LogP contribution in [0.5, 0.6) is 23.0 Å². The molecule has 13 nitrogen and oxygen atoms in total. The summed E-state index contributed by atoms with van der Waals surface area (Å²) in [5, 5.41) is 24.7. The molecule has 0 spiro atoms. The number of aromatic hydroxyl groups is 1. The monoisotopic (exact) mass is 550 g/mol. The maximum Gasteiger partial charge on any atom is 0.335 e. The van der Waals surface area contributed by atoms with Crippen LogP contribution in [0.2, 0.25) is 0 Å². The minimum atomic E-state index is -1.39. The van der Waals surface area contributed by atoms with E-state index in [0.29, 0.717) is 0 Å². The first-order chi connectivity index (χ1) is 18.8. The number of phenolic OH excluding ortho intramolecular Hbond substituents is 1. The molecule has 0 aromatic heterocycles. The molecule has 2 amide bonds. The summed E-state index contributed by atoms with van der Waals surface area (Å²) < 4.78 is 14.9. The molecule has 0 unspecified atom stereocenters. The number of hydrogen-bond acceptors (Lipinski definition) is 10. The van der Waals surface area contributed by atoms with Crippen LogP contribution in [-0.4, -0.2) is 45.9 Å². The van der Waals surface area contributed by atoms with Gasteiger partial charge in [0.1, 0.15) is 0 Å². The van der Waals surface area contributed by atoms with Crippen LogP contribution in [0.4, 0.5) is 11.4 Å². The lowest BCUT2D eigenvalue weighted by Crippen LogP contribution is -2.17. The van der Waals surface area contributed by atoms with E-state index < -0.39 is 41.4 Å². The number of carboxylic acids is 1. The molecule has 0 aliphatic carbocycles. The van der Waals surface area contributed by atoms with Gasteiger partial charge in [-0.1, -0.05) is 12.1 Å². The first-order valence-corrected chi connectivity index (χ1v) is 11.4. The van der Waals surface area contributed by atoms with E-state index in [1.165, 1.54) is 42.5 Å².